The second kappa shape index (κ2) is 6.37. The second-order valence-corrected chi connectivity index (χ2v) is 4.76. The Hall–Kier alpha value is -3.41. The summed E-state index contributed by atoms with van der Waals surface area (Å²) in [5.41, 5.74) is 8.74. The lowest BCUT2D eigenvalue weighted by molar-refractivity contribution is 0.234. The summed E-state index contributed by atoms with van der Waals surface area (Å²) in [5.74, 6) is -0.317. The van der Waals surface area contributed by atoms with Crippen LogP contribution in [0.2, 0.25) is 0 Å². The highest BCUT2D eigenvalue weighted by molar-refractivity contribution is 5.98. The quantitative estimate of drug-likeness (QED) is 0.345. The Morgan fingerprint density at radius 1 is 1.46 bits per heavy atom. The summed E-state index contributed by atoms with van der Waals surface area (Å²) in [6.07, 6.45) is 0. The van der Waals surface area contributed by atoms with E-state index in [-0.39, 0.29) is 35.5 Å². The van der Waals surface area contributed by atoms with Gasteiger partial charge in [-0.05, 0) is 46.3 Å². The monoisotopic (exact) mass is 333 g/mol. The number of aliphatic imine (C=N–C) groups is 1. The van der Waals surface area contributed by atoms with Crippen molar-refractivity contribution in [2.45, 2.75) is 13.5 Å². The van der Waals surface area contributed by atoms with Crippen molar-refractivity contribution in [3.05, 3.63) is 41.0 Å². The summed E-state index contributed by atoms with van der Waals surface area (Å²) >= 11 is 0. The summed E-state index contributed by atoms with van der Waals surface area (Å²) in [4.78, 5) is 4.17. The molecule has 24 heavy (non-hydrogen) atoms. The molecule has 0 atom stereocenters. The van der Waals surface area contributed by atoms with E-state index >= 15 is 0 Å². The molecular formula is C12H12FN9O2. The third-order valence-electron chi connectivity index (χ3n) is 3.13. The van der Waals surface area contributed by atoms with Gasteiger partial charge in [-0.1, -0.05) is 10.3 Å². The molecule has 0 amide bonds. The minimum absolute atomic E-state index is 0.0381. The van der Waals surface area contributed by atoms with Gasteiger partial charge >= 0.3 is 0 Å². The van der Waals surface area contributed by atoms with Crippen LogP contribution < -0.4 is 11.2 Å². The van der Waals surface area contributed by atoms with Crippen LogP contribution in [0.15, 0.2) is 27.8 Å². The summed E-state index contributed by atoms with van der Waals surface area (Å²) in [5, 5.41) is 27.4. The zero-order valence-corrected chi connectivity index (χ0v) is 12.4. The van der Waals surface area contributed by atoms with Crippen molar-refractivity contribution in [1.82, 2.24) is 36.0 Å². The van der Waals surface area contributed by atoms with E-state index in [9.17, 15) is 9.60 Å². The molecule has 3 aromatic rings. The van der Waals surface area contributed by atoms with Crippen LogP contribution in [0.3, 0.4) is 0 Å². The van der Waals surface area contributed by atoms with Gasteiger partial charge in [0, 0.05) is 0 Å². The standard InChI is InChI=1S/C12H12FN9O2/c1-6-4-7(2-3-8(6)13)15-11(17-23)10-9(18-24-19-10)5-22-12(14)16-20-21-22/h2-4,23H,5H2,1H3,(H,15,17)(H2,14,16,21). The molecule has 3 rings (SSSR count). The average molecular weight is 333 g/mol. The van der Waals surface area contributed by atoms with E-state index in [1.165, 1.54) is 22.9 Å². The molecule has 11 nitrogen and oxygen atoms in total. The molecule has 0 spiro atoms. The molecule has 2 aromatic heterocycles. The number of anilines is 1. The van der Waals surface area contributed by atoms with Gasteiger partial charge in [-0.3, -0.25) is 10.7 Å². The normalized spacial score (nSPS) is 11.7. The molecule has 0 aliphatic carbocycles. The van der Waals surface area contributed by atoms with Crippen LogP contribution in [-0.4, -0.2) is 41.6 Å². The van der Waals surface area contributed by atoms with Gasteiger partial charge in [0.15, 0.2) is 11.5 Å². The van der Waals surface area contributed by atoms with Gasteiger partial charge < -0.3 is 5.73 Å². The number of benzene rings is 1. The van der Waals surface area contributed by atoms with Gasteiger partial charge in [0.05, 0.1) is 12.2 Å². The number of hydrogen-bond donors (Lipinski definition) is 3. The molecule has 0 unspecified atom stereocenters. The highest BCUT2D eigenvalue weighted by Crippen LogP contribution is 2.18. The van der Waals surface area contributed by atoms with Crippen LogP contribution >= 0.6 is 0 Å². The molecule has 0 saturated heterocycles. The van der Waals surface area contributed by atoms with Crippen molar-refractivity contribution in [2.75, 3.05) is 5.73 Å². The fourth-order valence-electron chi connectivity index (χ4n) is 1.91. The maximum Gasteiger partial charge on any atom is 0.240 e. The average Bonchev–Trinajstić information content (AvgIpc) is 3.18. The lowest BCUT2D eigenvalue weighted by Gasteiger charge is -2.04. The number of hydrogen-bond acceptors (Lipinski definition) is 9. The maximum atomic E-state index is 13.3. The molecule has 0 aliphatic heterocycles. The van der Waals surface area contributed by atoms with E-state index in [1.807, 2.05) is 5.48 Å². The van der Waals surface area contributed by atoms with Gasteiger partial charge in [0.25, 0.3) is 0 Å². The summed E-state index contributed by atoms with van der Waals surface area (Å²) in [6.45, 7) is 1.66. The molecule has 0 fully saturated rings. The number of nitrogens with zero attached hydrogens (tertiary/aromatic N) is 7. The predicted molar refractivity (Wildman–Crippen MR) is 77.9 cm³/mol. The summed E-state index contributed by atoms with van der Waals surface area (Å²) in [6, 6.07) is 4.23. The molecule has 1 aromatic carbocycles. The molecule has 12 heteroatoms. The first-order valence-corrected chi connectivity index (χ1v) is 6.67. The van der Waals surface area contributed by atoms with E-state index < -0.39 is 0 Å². The lowest BCUT2D eigenvalue weighted by atomic mass is 10.2. The molecule has 0 saturated carbocycles. The first-order valence-electron chi connectivity index (χ1n) is 6.67. The molecular weight excluding hydrogens is 321 g/mol. The Morgan fingerprint density at radius 3 is 2.96 bits per heavy atom. The third-order valence-corrected chi connectivity index (χ3v) is 3.13. The Labute approximate surface area is 133 Å². The van der Waals surface area contributed by atoms with Crippen LogP contribution in [0, 0.1) is 12.7 Å². The fourth-order valence-corrected chi connectivity index (χ4v) is 1.91. The molecule has 0 aliphatic rings. The number of tetrazole rings is 1. The number of aryl methyl sites for hydroxylation is 1. The van der Waals surface area contributed by atoms with Crippen molar-refractivity contribution < 1.29 is 14.2 Å². The number of amidine groups is 1. The Balaban J connectivity index is 1.94. The van der Waals surface area contributed by atoms with Crippen LogP contribution in [0.4, 0.5) is 16.0 Å². The van der Waals surface area contributed by atoms with Crippen molar-refractivity contribution >= 4 is 17.5 Å². The predicted octanol–water partition coefficient (Wildman–Crippen LogP) is 0.191. The van der Waals surface area contributed by atoms with E-state index in [0.717, 1.165) is 0 Å². The Morgan fingerprint density at radius 2 is 2.29 bits per heavy atom. The second-order valence-electron chi connectivity index (χ2n) is 4.76. The van der Waals surface area contributed by atoms with E-state index in [0.29, 0.717) is 11.3 Å². The fraction of sp³-hybridized carbons (Fsp3) is 0.167. The van der Waals surface area contributed by atoms with Gasteiger partial charge in [-0.25, -0.2) is 18.7 Å². The van der Waals surface area contributed by atoms with Gasteiger partial charge in [0.2, 0.25) is 5.95 Å². The van der Waals surface area contributed by atoms with Gasteiger partial charge in [0.1, 0.15) is 11.5 Å². The molecule has 4 N–H and O–H groups in total. The largest absolute Gasteiger partial charge is 0.367 e. The van der Waals surface area contributed by atoms with Gasteiger partial charge in [-0.2, -0.15) is 0 Å². The molecule has 0 bridgehead atoms. The number of rotatable bonds is 4. The van der Waals surface area contributed by atoms with E-state index in [2.05, 4.69) is 35.5 Å². The number of aromatic nitrogens is 6. The van der Waals surface area contributed by atoms with Crippen LogP contribution in [0.5, 0.6) is 0 Å². The van der Waals surface area contributed by atoms with Crippen LogP contribution in [0.1, 0.15) is 17.0 Å². The molecule has 0 radical (unpaired) electrons. The van der Waals surface area contributed by atoms with Crippen molar-refractivity contribution in [1.29, 1.82) is 0 Å². The van der Waals surface area contributed by atoms with Gasteiger partial charge in [-0.15, -0.1) is 0 Å². The lowest BCUT2D eigenvalue weighted by Crippen LogP contribution is -2.23. The number of nitrogen functional groups attached to an aromatic ring is 1. The summed E-state index contributed by atoms with van der Waals surface area (Å²) < 4.78 is 19.3. The summed E-state index contributed by atoms with van der Waals surface area (Å²) in [7, 11) is 0. The Kier molecular flexibility index (Phi) is 4.11. The van der Waals surface area contributed by atoms with Crippen molar-refractivity contribution in [3.8, 4) is 0 Å². The highest BCUT2D eigenvalue weighted by atomic mass is 19.1. The zero-order valence-electron chi connectivity index (χ0n) is 12.4. The Bertz CT molecular complexity index is 888. The number of hydroxylamine groups is 1. The van der Waals surface area contributed by atoms with E-state index in [4.69, 9.17) is 5.73 Å². The highest BCUT2D eigenvalue weighted by Gasteiger charge is 2.18. The smallest absolute Gasteiger partial charge is 0.240 e. The van der Waals surface area contributed by atoms with Crippen molar-refractivity contribution in [3.63, 3.8) is 0 Å². The molecule has 2 heterocycles. The first-order chi connectivity index (χ1) is 11.6. The topological polar surface area (TPSA) is 153 Å². The van der Waals surface area contributed by atoms with E-state index in [1.54, 1.807) is 6.92 Å². The number of nitrogens with one attached hydrogen (secondary N) is 1. The number of nitrogens with two attached hydrogens (primary N) is 1. The zero-order chi connectivity index (χ0) is 17.1. The number of halogens is 1. The third kappa shape index (κ3) is 3.03. The minimum Gasteiger partial charge on any atom is -0.367 e. The molecule has 124 valence electrons. The minimum atomic E-state index is -0.356. The van der Waals surface area contributed by atoms with Crippen molar-refractivity contribution in [2.24, 2.45) is 4.99 Å². The van der Waals surface area contributed by atoms with Crippen LogP contribution in [0.25, 0.3) is 0 Å². The SMILES string of the molecule is Cc1cc(N=C(NO)c2nonc2Cn2nnnc2N)ccc1F. The first kappa shape index (κ1) is 15.5. The van der Waals surface area contributed by atoms with Crippen LogP contribution in [-0.2, 0) is 6.54 Å². The maximum absolute atomic E-state index is 13.3.